The van der Waals surface area contributed by atoms with Gasteiger partial charge in [0.1, 0.15) is 17.4 Å². The second-order valence-electron chi connectivity index (χ2n) is 9.00. The van der Waals surface area contributed by atoms with E-state index in [-0.39, 0.29) is 17.6 Å². The Morgan fingerprint density at radius 2 is 2.00 bits per heavy atom. The summed E-state index contributed by atoms with van der Waals surface area (Å²) in [5.41, 5.74) is 1.09. The minimum atomic E-state index is -0.408. The molecule has 7 heteroatoms. The molecular weight excluding hydrogens is 412 g/mol. The zero-order valence-corrected chi connectivity index (χ0v) is 18.7. The predicted octanol–water partition coefficient (Wildman–Crippen LogP) is 4.14. The number of halogens is 2. The summed E-state index contributed by atoms with van der Waals surface area (Å²) in [5.74, 6) is 0.198. The van der Waals surface area contributed by atoms with Crippen LogP contribution >= 0.6 is 0 Å². The Hall–Kier alpha value is -2.51. The van der Waals surface area contributed by atoms with Gasteiger partial charge in [0.25, 0.3) is 0 Å². The Kier molecular flexibility index (Phi) is 7.06. The van der Waals surface area contributed by atoms with Gasteiger partial charge >= 0.3 is 0 Å². The molecule has 0 aliphatic carbocycles. The van der Waals surface area contributed by atoms with Crippen molar-refractivity contribution in [2.75, 3.05) is 39.1 Å². The lowest BCUT2D eigenvalue weighted by molar-refractivity contribution is -0.119. The fourth-order valence-electron chi connectivity index (χ4n) is 5.21. The molecule has 1 N–H and O–H groups in total. The van der Waals surface area contributed by atoms with Crippen LogP contribution < -0.4 is 10.1 Å². The third kappa shape index (κ3) is 5.10. The van der Waals surface area contributed by atoms with Gasteiger partial charge in [-0.2, -0.15) is 0 Å². The molecule has 2 fully saturated rings. The van der Waals surface area contributed by atoms with E-state index in [0.717, 1.165) is 38.4 Å². The van der Waals surface area contributed by atoms with Crippen LogP contribution in [-0.4, -0.2) is 55.5 Å². The van der Waals surface area contributed by atoms with Crippen molar-refractivity contribution in [1.82, 2.24) is 9.80 Å². The Bertz CT molecular complexity index is 955. The summed E-state index contributed by atoms with van der Waals surface area (Å²) in [6, 6.07) is 11.4. The highest BCUT2D eigenvalue weighted by atomic mass is 19.1. The molecule has 0 aromatic heterocycles. The van der Waals surface area contributed by atoms with Crippen molar-refractivity contribution in [3.63, 3.8) is 0 Å². The first-order valence-corrected chi connectivity index (χ1v) is 11.2. The monoisotopic (exact) mass is 443 g/mol. The van der Waals surface area contributed by atoms with Crippen LogP contribution in [0.4, 0.5) is 14.5 Å². The SMILES string of the molecule is COc1ccccc1NC(=O)[C@@H]1C[C@H]([C@H]2CCCN(Cc3cc(F)ccc3F)C2)N(C)C1. The number of benzene rings is 2. The highest BCUT2D eigenvalue weighted by Gasteiger charge is 2.39. The van der Waals surface area contributed by atoms with E-state index < -0.39 is 5.82 Å². The first-order valence-electron chi connectivity index (χ1n) is 11.2. The molecule has 2 aromatic carbocycles. The second kappa shape index (κ2) is 9.96. The van der Waals surface area contributed by atoms with E-state index in [1.54, 1.807) is 7.11 Å². The molecule has 5 nitrogen and oxygen atoms in total. The zero-order valence-electron chi connectivity index (χ0n) is 18.7. The number of piperidine rings is 1. The van der Waals surface area contributed by atoms with Gasteiger partial charge in [-0.25, -0.2) is 8.78 Å². The standard InChI is InChI=1S/C25H31F2N3O2/c1-29-14-19(25(31)28-22-7-3-4-8-24(22)32-2)13-23(29)17-6-5-11-30(15-17)16-18-12-20(26)9-10-21(18)27/h3-4,7-10,12,17,19,23H,5-6,11,13-16H2,1-2H3,(H,28,31)/t17-,19+,23+/m0/s1. The van der Waals surface area contributed by atoms with E-state index in [2.05, 4.69) is 22.2 Å². The van der Waals surface area contributed by atoms with Crippen LogP contribution in [0.5, 0.6) is 5.75 Å². The maximum absolute atomic E-state index is 14.1. The molecule has 2 aliphatic heterocycles. The molecule has 0 bridgehead atoms. The number of likely N-dealkylation sites (tertiary alicyclic amines) is 2. The van der Waals surface area contributed by atoms with Crippen molar-refractivity contribution in [3.8, 4) is 5.75 Å². The Morgan fingerprint density at radius 3 is 2.81 bits per heavy atom. The van der Waals surface area contributed by atoms with Gasteiger partial charge < -0.3 is 15.0 Å². The molecule has 2 aliphatic rings. The summed E-state index contributed by atoms with van der Waals surface area (Å²) in [5, 5.41) is 3.02. The molecule has 3 atom stereocenters. The number of ether oxygens (including phenoxy) is 1. The number of amides is 1. The number of hydrogen-bond donors (Lipinski definition) is 1. The number of carbonyl (C=O) groups excluding carboxylic acids is 1. The fraction of sp³-hybridized carbons (Fsp3) is 0.480. The normalized spacial score (nSPS) is 24.4. The van der Waals surface area contributed by atoms with E-state index in [1.165, 1.54) is 12.1 Å². The highest BCUT2D eigenvalue weighted by molar-refractivity contribution is 5.94. The predicted molar refractivity (Wildman–Crippen MR) is 121 cm³/mol. The average molecular weight is 444 g/mol. The third-order valence-electron chi connectivity index (χ3n) is 6.82. The van der Waals surface area contributed by atoms with E-state index in [9.17, 15) is 13.6 Å². The van der Waals surface area contributed by atoms with Crippen molar-refractivity contribution in [1.29, 1.82) is 0 Å². The van der Waals surface area contributed by atoms with Gasteiger partial charge in [-0.05, 0) is 69.1 Å². The summed E-state index contributed by atoms with van der Waals surface area (Å²) >= 11 is 0. The number of hydrogen-bond acceptors (Lipinski definition) is 4. The molecule has 0 unspecified atom stereocenters. The van der Waals surface area contributed by atoms with Crippen molar-refractivity contribution in [3.05, 3.63) is 59.7 Å². The number of nitrogens with one attached hydrogen (secondary N) is 1. The lowest BCUT2D eigenvalue weighted by atomic mass is 9.87. The molecule has 0 radical (unpaired) electrons. The lowest BCUT2D eigenvalue weighted by Crippen LogP contribution is -2.43. The molecule has 172 valence electrons. The van der Waals surface area contributed by atoms with Crippen LogP contribution in [0.1, 0.15) is 24.8 Å². The molecule has 0 saturated carbocycles. The van der Waals surface area contributed by atoms with Gasteiger partial charge in [0.05, 0.1) is 18.7 Å². The van der Waals surface area contributed by atoms with Crippen LogP contribution in [0.2, 0.25) is 0 Å². The number of carbonyl (C=O) groups is 1. The highest BCUT2D eigenvalue weighted by Crippen LogP contribution is 2.34. The number of methoxy groups -OCH3 is 1. The molecular formula is C25H31F2N3O2. The Balaban J connectivity index is 1.37. The average Bonchev–Trinajstić information content (AvgIpc) is 3.19. The largest absolute Gasteiger partial charge is 0.495 e. The molecule has 1 amide bonds. The summed E-state index contributed by atoms with van der Waals surface area (Å²) in [6.07, 6.45) is 2.90. The van der Waals surface area contributed by atoms with E-state index >= 15 is 0 Å². The number of rotatable bonds is 6. The minimum Gasteiger partial charge on any atom is -0.495 e. The maximum atomic E-state index is 14.1. The van der Waals surface area contributed by atoms with Crippen LogP contribution in [0, 0.1) is 23.5 Å². The summed E-state index contributed by atoms with van der Waals surface area (Å²) in [6.45, 7) is 2.82. The van der Waals surface area contributed by atoms with Gasteiger partial charge in [-0.1, -0.05) is 12.1 Å². The topological polar surface area (TPSA) is 44.8 Å². The smallest absolute Gasteiger partial charge is 0.228 e. The molecule has 2 aromatic rings. The molecule has 2 heterocycles. The van der Waals surface area contributed by atoms with Gasteiger partial charge in [0.15, 0.2) is 0 Å². The van der Waals surface area contributed by atoms with Crippen LogP contribution in [-0.2, 0) is 11.3 Å². The summed E-state index contributed by atoms with van der Waals surface area (Å²) in [7, 11) is 3.67. The van der Waals surface area contributed by atoms with Gasteiger partial charge in [-0.15, -0.1) is 0 Å². The zero-order chi connectivity index (χ0) is 22.7. The summed E-state index contributed by atoms with van der Waals surface area (Å²) in [4.78, 5) is 17.4. The Morgan fingerprint density at radius 1 is 1.19 bits per heavy atom. The molecule has 4 rings (SSSR count). The van der Waals surface area contributed by atoms with Crippen molar-refractivity contribution >= 4 is 11.6 Å². The first kappa shape index (κ1) is 22.7. The van der Waals surface area contributed by atoms with Crippen molar-refractivity contribution in [2.45, 2.75) is 31.8 Å². The third-order valence-corrected chi connectivity index (χ3v) is 6.82. The van der Waals surface area contributed by atoms with Crippen LogP contribution in [0.3, 0.4) is 0 Å². The van der Waals surface area contributed by atoms with Gasteiger partial charge in [0, 0.05) is 31.2 Å². The van der Waals surface area contributed by atoms with Crippen LogP contribution in [0.25, 0.3) is 0 Å². The number of nitrogens with zero attached hydrogens (tertiary/aromatic N) is 2. The first-order chi connectivity index (χ1) is 15.4. The minimum absolute atomic E-state index is 0.0124. The van der Waals surface area contributed by atoms with Crippen molar-refractivity contribution in [2.24, 2.45) is 11.8 Å². The van der Waals surface area contributed by atoms with Crippen LogP contribution in [0.15, 0.2) is 42.5 Å². The number of anilines is 1. The number of para-hydroxylation sites is 2. The molecule has 0 spiro atoms. The maximum Gasteiger partial charge on any atom is 0.228 e. The lowest BCUT2D eigenvalue weighted by Gasteiger charge is -2.38. The van der Waals surface area contributed by atoms with E-state index in [1.807, 2.05) is 24.3 Å². The molecule has 2 saturated heterocycles. The van der Waals surface area contributed by atoms with E-state index in [0.29, 0.717) is 42.0 Å². The quantitative estimate of drug-likeness (QED) is 0.729. The Labute approximate surface area is 188 Å². The molecule has 32 heavy (non-hydrogen) atoms. The van der Waals surface area contributed by atoms with E-state index in [4.69, 9.17) is 4.74 Å². The fourth-order valence-corrected chi connectivity index (χ4v) is 5.21. The van der Waals surface area contributed by atoms with Crippen molar-refractivity contribution < 1.29 is 18.3 Å². The summed E-state index contributed by atoms with van der Waals surface area (Å²) < 4.78 is 33.0. The van der Waals surface area contributed by atoms with Gasteiger partial charge in [0.2, 0.25) is 5.91 Å². The van der Waals surface area contributed by atoms with Gasteiger partial charge in [-0.3, -0.25) is 9.69 Å². The second-order valence-corrected chi connectivity index (χ2v) is 9.00.